The SMILES string of the molecule is O=[N+]([O-])c1cccc(Oc2nc(Cl)ncc2N2CCOCC2)c1. The molecule has 2 heterocycles. The predicted molar refractivity (Wildman–Crippen MR) is 83.2 cm³/mol. The summed E-state index contributed by atoms with van der Waals surface area (Å²) in [6.07, 6.45) is 1.58. The second kappa shape index (κ2) is 6.76. The third-order valence-electron chi connectivity index (χ3n) is 3.30. The number of morpholine rings is 1. The van der Waals surface area contributed by atoms with Crippen LogP contribution >= 0.6 is 11.6 Å². The number of non-ortho nitro benzene ring substituents is 1. The number of hydrogen-bond donors (Lipinski definition) is 0. The highest BCUT2D eigenvalue weighted by Gasteiger charge is 2.19. The van der Waals surface area contributed by atoms with Crippen molar-refractivity contribution in [3.05, 3.63) is 45.9 Å². The third-order valence-corrected chi connectivity index (χ3v) is 3.48. The van der Waals surface area contributed by atoms with Crippen molar-refractivity contribution in [1.29, 1.82) is 0 Å². The predicted octanol–water partition coefficient (Wildman–Crippen LogP) is 2.67. The molecule has 0 amide bonds. The Kier molecular flexibility index (Phi) is 4.54. The number of nitro benzene ring substituents is 1. The maximum atomic E-state index is 10.9. The van der Waals surface area contributed by atoms with E-state index in [4.69, 9.17) is 21.1 Å². The Morgan fingerprint density at radius 1 is 1.35 bits per heavy atom. The van der Waals surface area contributed by atoms with Crippen LogP contribution < -0.4 is 9.64 Å². The van der Waals surface area contributed by atoms with E-state index >= 15 is 0 Å². The number of rotatable bonds is 4. The fraction of sp³-hybridized carbons (Fsp3) is 0.286. The average Bonchev–Trinajstić information content (AvgIpc) is 2.56. The number of anilines is 1. The molecule has 0 atom stereocenters. The van der Waals surface area contributed by atoms with E-state index in [-0.39, 0.29) is 16.9 Å². The molecule has 0 bridgehead atoms. The van der Waals surface area contributed by atoms with Crippen LogP contribution in [0.25, 0.3) is 0 Å². The van der Waals surface area contributed by atoms with E-state index in [2.05, 4.69) is 9.97 Å². The number of nitro groups is 1. The third kappa shape index (κ3) is 3.66. The monoisotopic (exact) mass is 336 g/mol. The summed E-state index contributed by atoms with van der Waals surface area (Å²) in [7, 11) is 0. The summed E-state index contributed by atoms with van der Waals surface area (Å²) in [6.45, 7) is 2.55. The van der Waals surface area contributed by atoms with Gasteiger partial charge in [-0.3, -0.25) is 10.1 Å². The number of aromatic nitrogens is 2. The highest BCUT2D eigenvalue weighted by molar-refractivity contribution is 6.28. The molecule has 8 nitrogen and oxygen atoms in total. The minimum atomic E-state index is -0.483. The number of halogens is 1. The van der Waals surface area contributed by atoms with Crippen LogP contribution in [-0.2, 0) is 4.74 Å². The molecule has 2 aromatic rings. The first kappa shape index (κ1) is 15.4. The zero-order valence-corrected chi connectivity index (χ0v) is 12.8. The van der Waals surface area contributed by atoms with Gasteiger partial charge in [-0.05, 0) is 17.7 Å². The number of nitrogens with zero attached hydrogens (tertiary/aromatic N) is 4. The Morgan fingerprint density at radius 3 is 2.87 bits per heavy atom. The molecule has 1 aromatic carbocycles. The molecule has 1 fully saturated rings. The van der Waals surface area contributed by atoms with Gasteiger partial charge in [-0.25, -0.2) is 4.98 Å². The Hall–Kier alpha value is -2.45. The summed E-state index contributed by atoms with van der Waals surface area (Å²) in [4.78, 5) is 20.5. The van der Waals surface area contributed by atoms with E-state index < -0.39 is 4.92 Å². The first-order valence-corrected chi connectivity index (χ1v) is 7.29. The topological polar surface area (TPSA) is 90.6 Å². The van der Waals surface area contributed by atoms with Crippen molar-refractivity contribution in [2.75, 3.05) is 31.2 Å². The summed E-state index contributed by atoms with van der Waals surface area (Å²) in [6, 6.07) is 5.89. The van der Waals surface area contributed by atoms with Crippen LogP contribution in [0.5, 0.6) is 11.6 Å². The van der Waals surface area contributed by atoms with Gasteiger partial charge in [0.15, 0.2) is 0 Å². The van der Waals surface area contributed by atoms with Gasteiger partial charge >= 0.3 is 0 Å². The lowest BCUT2D eigenvalue weighted by Crippen LogP contribution is -2.36. The van der Waals surface area contributed by atoms with Crippen LogP contribution in [0.4, 0.5) is 11.4 Å². The number of ether oxygens (including phenoxy) is 2. The maximum Gasteiger partial charge on any atom is 0.273 e. The quantitative estimate of drug-likeness (QED) is 0.481. The molecule has 0 radical (unpaired) electrons. The second-order valence-corrected chi connectivity index (χ2v) is 5.12. The van der Waals surface area contributed by atoms with Crippen LogP contribution in [0.3, 0.4) is 0 Å². The lowest BCUT2D eigenvalue weighted by atomic mass is 10.3. The molecule has 1 saturated heterocycles. The highest BCUT2D eigenvalue weighted by Crippen LogP contribution is 2.32. The Labute approximate surface area is 136 Å². The summed E-state index contributed by atoms with van der Waals surface area (Å²) >= 11 is 5.85. The van der Waals surface area contributed by atoms with Crippen molar-refractivity contribution in [3.63, 3.8) is 0 Å². The zero-order valence-electron chi connectivity index (χ0n) is 12.0. The van der Waals surface area contributed by atoms with E-state index in [1.807, 2.05) is 4.90 Å². The van der Waals surface area contributed by atoms with E-state index in [1.54, 1.807) is 18.3 Å². The van der Waals surface area contributed by atoms with Gasteiger partial charge in [-0.15, -0.1) is 0 Å². The van der Waals surface area contributed by atoms with Crippen molar-refractivity contribution in [2.24, 2.45) is 0 Å². The number of hydrogen-bond acceptors (Lipinski definition) is 7. The van der Waals surface area contributed by atoms with Crippen LogP contribution in [0.2, 0.25) is 5.28 Å². The van der Waals surface area contributed by atoms with Gasteiger partial charge in [-0.1, -0.05) is 6.07 Å². The molecule has 1 aliphatic heterocycles. The van der Waals surface area contributed by atoms with Crippen LogP contribution in [0, 0.1) is 10.1 Å². The molecule has 23 heavy (non-hydrogen) atoms. The fourth-order valence-electron chi connectivity index (χ4n) is 2.21. The maximum absolute atomic E-state index is 10.9. The molecule has 0 unspecified atom stereocenters. The molecule has 0 aliphatic carbocycles. The van der Waals surface area contributed by atoms with Gasteiger partial charge in [0.25, 0.3) is 5.69 Å². The largest absolute Gasteiger partial charge is 0.437 e. The van der Waals surface area contributed by atoms with Crippen LogP contribution in [0.15, 0.2) is 30.5 Å². The molecule has 0 N–H and O–H groups in total. The smallest absolute Gasteiger partial charge is 0.273 e. The molecular formula is C14H13ClN4O4. The van der Waals surface area contributed by atoms with Crippen molar-refractivity contribution < 1.29 is 14.4 Å². The Bertz CT molecular complexity index is 722. The van der Waals surface area contributed by atoms with Crippen molar-refractivity contribution >= 4 is 23.0 Å². The fourth-order valence-corrected chi connectivity index (χ4v) is 2.33. The van der Waals surface area contributed by atoms with Crippen LogP contribution in [0.1, 0.15) is 0 Å². The molecule has 0 saturated carbocycles. The molecular weight excluding hydrogens is 324 g/mol. The van der Waals surface area contributed by atoms with Crippen molar-refractivity contribution in [3.8, 4) is 11.6 Å². The molecule has 0 spiro atoms. The minimum absolute atomic E-state index is 0.0439. The summed E-state index contributed by atoms with van der Waals surface area (Å²) in [5, 5.41) is 10.9. The Morgan fingerprint density at radius 2 is 2.13 bits per heavy atom. The average molecular weight is 337 g/mol. The van der Waals surface area contributed by atoms with Gasteiger partial charge in [0.2, 0.25) is 11.2 Å². The standard InChI is InChI=1S/C14H13ClN4O4/c15-14-16-9-12(18-4-6-22-7-5-18)13(17-14)23-11-3-1-2-10(8-11)19(20)21/h1-3,8-9H,4-7H2. The molecule has 3 rings (SSSR count). The molecule has 1 aromatic heterocycles. The van der Waals surface area contributed by atoms with Gasteiger partial charge < -0.3 is 14.4 Å². The van der Waals surface area contributed by atoms with Gasteiger partial charge in [0.1, 0.15) is 11.4 Å². The normalized spacial score (nSPS) is 14.6. The first-order chi connectivity index (χ1) is 11.1. The molecule has 9 heteroatoms. The summed E-state index contributed by atoms with van der Waals surface area (Å²) in [5.41, 5.74) is 0.611. The Balaban J connectivity index is 1.90. The molecule has 120 valence electrons. The van der Waals surface area contributed by atoms with Crippen LogP contribution in [-0.4, -0.2) is 41.2 Å². The van der Waals surface area contributed by atoms with Crippen molar-refractivity contribution in [1.82, 2.24) is 9.97 Å². The highest BCUT2D eigenvalue weighted by atomic mass is 35.5. The van der Waals surface area contributed by atoms with Gasteiger partial charge in [0.05, 0.1) is 30.4 Å². The summed E-state index contributed by atoms with van der Waals surface area (Å²) in [5.74, 6) is 0.566. The van der Waals surface area contributed by atoms with E-state index in [1.165, 1.54) is 12.1 Å². The van der Waals surface area contributed by atoms with E-state index in [0.717, 1.165) is 0 Å². The molecule has 1 aliphatic rings. The first-order valence-electron chi connectivity index (χ1n) is 6.91. The lowest BCUT2D eigenvalue weighted by molar-refractivity contribution is -0.384. The number of benzene rings is 1. The van der Waals surface area contributed by atoms with Gasteiger partial charge in [0, 0.05) is 19.2 Å². The lowest BCUT2D eigenvalue weighted by Gasteiger charge is -2.29. The van der Waals surface area contributed by atoms with Gasteiger partial charge in [-0.2, -0.15) is 4.98 Å². The minimum Gasteiger partial charge on any atom is -0.437 e. The van der Waals surface area contributed by atoms with Crippen molar-refractivity contribution in [2.45, 2.75) is 0 Å². The van der Waals surface area contributed by atoms with E-state index in [0.29, 0.717) is 37.7 Å². The second-order valence-electron chi connectivity index (χ2n) is 4.79. The summed E-state index contributed by atoms with van der Waals surface area (Å²) < 4.78 is 11.0. The van der Waals surface area contributed by atoms with E-state index in [9.17, 15) is 10.1 Å². The zero-order chi connectivity index (χ0) is 16.2.